The highest BCUT2D eigenvalue weighted by molar-refractivity contribution is 5.96. The molecule has 5 heteroatoms. The number of carbonyl (C=O) groups excluding carboxylic acids is 1. The molecule has 5 nitrogen and oxygen atoms in total. The van der Waals surface area contributed by atoms with Gasteiger partial charge in [0.2, 0.25) is 0 Å². The van der Waals surface area contributed by atoms with E-state index in [0.29, 0.717) is 17.1 Å². The number of likely N-dealkylation sites (tertiary alicyclic amines) is 1. The molecule has 0 saturated carbocycles. The van der Waals surface area contributed by atoms with Gasteiger partial charge in [-0.3, -0.25) is 4.79 Å². The number of hydrogen-bond acceptors (Lipinski definition) is 3. The summed E-state index contributed by atoms with van der Waals surface area (Å²) in [7, 11) is 0. The summed E-state index contributed by atoms with van der Waals surface area (Å²) >= 11 is 0. The number of pyridine rings is 1. The Balaban J connectivity index is 1.49. The normalized spacial score (nSPS) is 22.4. The monoisotopic (exact) mass is 318 g/mol. The quantitative estimate of drug-likeness (QED) is 0.750. The number of rotatable bonds is 1. The van der Waals surface area contributed by atoms with Gasteiger partial charge in [-0.1, -0.05) is 24.3 Å². The van der Waals surface area contributed by atoms with Crippen LogP contribution in [0.3, 0.4) is 0 Å². The van der Waals surface area contributed by atoms with Crippen molar-refractivity contribution in [1.29, 1.82) is 0 Å². The van der Waals surface area contributed by atoms with Crippen LogP contribution in [0.5, 0.6) is 0 Å². The Morgan fingerprint density at radius 3 is 3.12 bits per heavy atom. The number of nitrogens with one attached hydrogen (secondary N) is 1. The topological polar surface area (TPSA) is 61.9 Å². The number of aromatic amines is 1. The number of benzene rings is 1. The van der Waals surface area contributed by atoms with E-state index >= 15 is 0 Å². The Bertz CT molecular complexity index is 932. The van der Waals surface area contributed by atoms with Crippen LogP contribution in [-0.4, -0.2) is 38.3 Å². The second-order valence-corrected chi connectivity index (χ2v) is 6.72. The third kappa shape index (κ3) is 1.97. The Hall–Kier alpha value is -2.69. The SMILES string of the molecule is O=C(c1cnc2nc[nH]c2c1)N1CCCC2c3ccccc3CC21. The van der Waals surface area contributed by atoms with Crippen molar-refractivity contribution in [2.24, 2.45) is 0 Å². The van der Waals surface area contributed by atoms with Crippen LogP contribution in [0.1, 0.15) is 40.2 Å². The van der Waals surface area contributed by atoms with E-state index in [1.807, 2.05) is 6.07 Å². The van der Waals surface area contributed by atoms with E-state index in [9.17, 15) is 4.79 Å². The average Bonchev–Trinajstić information content (AvgIpc) is 3.24. The number of H-pyrrole nitrogens is 1. The van der Waals surface area contributed by atoms with Gasteiger partial charge >= 0.3 is 0 Å². The Morgan fingerprint density at radius 2 is 2.17 bits per heavy atom. The molecular formula is C19H18N4O. The number of carbonyl (C=O) groups is 1. The lowest BCUT2D eigenvalue weighted by molar-refractivity contribution is 0.0595. The molecular weight excluding hydrogens is 300 g/mol. The van der Waals surface area contributed by atoms with E-state index in [2.05, 4.69) is 44.1 Å². The fourth-order valence-electron chi connectivity index (χ4n) is 4.34. The van der Waals surface area contributed by atoms with Crippen LogP contribution in [0.15, 0.2) is 42.9 Å². The fourth-order valence-corrected chi connectivity index (χ4v) is 4.34. The zero-order valence-corrected chi connectivity index (χ0v) is 13.3. The molecule has 2 unspecified atom stereocenters. The molecule has 1 saturated heterocycles. The first-order chi connectivity index (χ1) is 11.8. The zero-order chi connectivity index (χ0) is 16.1. The summed E-state index contributed by atoms with van der Waals surface area (Å²) in [6, 6.07) is 10.8. The van der Waals surface area contributed by atoms with Crippen molar-refractivity contribution in [2.45, 2.75) is 31.2 Å². The molecule has 2 aliphatic rings. The standard InChI is InChI=1S/C19H18N4O/c24-19(13-8-16-18(20-10-13)22-11-21-16)23-7-3-6-15-14-5-2-1-4-12(14)9-17(15)23/h1-2,4-5,8,10-11,15,17H,3,6-7,9H2,(H,20,21,22). The van der Waals surface area contributed by atoms with Crippen LogP contribution >= 0.6 is 0 Å². The van der Waals surface area contributed by atoms with Crippen LogP contribution in [0.25, 0.3) is 11.2 Å². The maximum Gasteiger partial charge on any atom is 0.255 e. The predicted octanol–water partition coefficient (Wildman–Crippen LogP) is 2.90. The van der Waals surface area contributed by atoms with Gasteiger partial charge < -0.3 is 9.88 Å². The van der Waals surface area contributed by atoms with Crippen molar-refractivity contribution in [3.05, 3.63) is 59.5 Å². The Kier molecular flexibility index (Phi) is 2.95. The molecule has 1 amide bonds. The lowest BCUT2D eigenvalue weighted by Crippen LogP contribution is -2.46. The van der Waals surface area contributed by atoms with Crippen molar-refractivity contribution in [3.8, 4) is 0 Å². The zero-order valence-electron chi connectivity index (χ0n) is 13.3. The van der Waals surface area contributed by atoms with Crippen molar-refractivity contribution >= 4 is 17.1 Å². The third-order valence-electron chi connectivity index (χ3n) is 5.44. The number of hydrogen-bond donors (Lipinski definition) is 1. The lowest BCUT2D eigenvalue weighted by atomic mass is 9.88. The molecule has 1 fully saturated rings. The first-order valence-corrected chi connectivity index (χ1v) is 8.49. The summed E-state index contributed by atoms with van der Waals surface area (Å²) in [5, 5.41) is 0. The minimum atomic E-state index is 0.0847. The van der Waals surface area contributed by atoms with Gasteiger partial charge in [0.25, 0.3) is 5.91 Å². The number of fused-ring (bicyclic) bond motifs is 4. The Morgan fingerprint density at radius 1 is 1.25 bits per heavy atom. The molecule has 2 atom stereocenters. The maximum absolute atomic E-state index is 13.1. The summed E-state index contributed by atoms with van der Waals surface area (Å²) in [5.41, 5.74) is 4.93. The molecule has 0 spiro atoms. The summed E-state index contributed by atoms with van der Waals surface area (Å²) in [6.07, 6.45) is 6.45. The van der Waals surface area contributed by atoms with E-state index in [0.717, 1.165) is 24.9 Å². The van der Waals surface area contributed by atoms with Gasteiger partial charge in [-0.15, -0.1) is 0 Å². The number of amides is 1. The minimum absolute atomic E-state index is 0.0847. The van der Waals surface area contributed by atoms with Crippen LogP contribution in [-0.2, 0) is 6.42 Å². The van der Waals surface area contributed by atoms with Gasteiger partial charge in [0.1, 0.15) is 0 Å². The van der Waals surface area contributed by atoms with Gasteiger partial charge in [0.05, 0.1) is 17.4 Å². The summed E-state index contributed by atoms with van der Waals surface area (Å²) in [4.78, 5) is 26.6. The van der Waals surface area contributed by atoms with E-state index in [1.165, 1.54) is 17.5 Å². The van der Waals surface area contributed by atoms with E-state index in [4.69, 9.17) is 0 Å². The van der Waals surface area contributed by atoms with Crippen LogP contribution in [0.2, 0.25) is 0 Å². The van der Waals surface area contributed by atoms with E-state index < -0.39 is 0 Å². The van der Waals surface area contributed by atoms with Crippen molar-refractivity contribution in [2.75, 3.05) is 6.54 Å². The number of piperidine rings is 1. The number of nitrogens with zero attached hydrogens (tertiary/aromatic N) is 3. The van der Waals surface area contributed by atoms with Crippen LogP contribution in [0.4, 0.5) is 0 Å². The van der Waals surface area contributed by atoms with Gasteiger partial charge in [0, 0.05) is 24.7 Å². The second kappa shape index (κ2) is 5.16. The molecule has 24 heavy (non-hydrogen) atoms. The Labute approximate surface area is 139 Å². The third-order valence-corrected chi connectivity index (χ3v) is 5.44. The minimum Gasteiger partial charge on any atom is -0.343 e. The van der Waals surface area contributed by atoms with Gasteiger partial charge in [-0.05, 0) is 36.5 Å². The van der Waals surface area contributed by atoms with Crippen molar-refractivity contribution in [1.82, 2.24) is 19.9 Å². The number of imidazole rings is 1. The molecule has 0 radical (unpaired) electrons. The van der Waals surface area contributed by atoms with Crippen LogP contribution < -0.4 is 0 Å². The first-order valence-electron chi connectivity index (χ1n) is 8.49. The molecule has 1 aliphatic heterocycles. The predicted molar refractivity (Wildman–Crippen MR) is 90.8 cm³/mol. The molecule has 1 aromatic carbocycles. The average molecular weight is 318 g/mol. The first kappa shape index (κ1) is 13.7. The highest BCUT2D eigenvalue weighted by atomic mass is 16.2. The highest BCUT2D eigenvalue weighted by Gasteiger charge is 2.40. The van der Waals surface area contributed by atoms with Crippen LogP contribution in [0, 0.1) is 0 Å². The smallest absolute Gasteiger partial charge is 0.255 e. The van der Waals surface area contributed by atoms with Gasteiger partial charge in [-0.2, -0.15) is 0 Å². The van der Waals surface area contributed by atoms with Gasteiger partial charge in [-0.25, -0.2) is 9.97 Å². The largest absolute Gasteiger partial charge is 0.343 e. The molecule has 3 heterocycles. The molecule has 1 N–H and O–H groups in total. The highest BCUT2D eigenvalue weighted by Crippen LogP contribution is 2.42. The maximum atomic E-state index is 13.1. The molecule has 3 aromatic rings. The van der Waals surface area contributed by atoms with Gasteiger partial charge in [0.15, 0.2) is 5.65 Å². The molecule has 0 bridgehead atoms. The van der Waals surface area contributed by atoms with Crippen molar-refractivity contribution in [3.63, 3.8) is 0 Å². The molecule has 120 valence electrons. The summed E-state index contributed by atoms with van der Waals surface area (Å²) < 4.78 is 0. The van der Waals surface area contributed by atoms with Crippen molar-refractivity contribution < 1.29 is 4.79 Å². The molecule has 2 aromatic heterocycles. The van der Waals surface area contributed by atoms with E-state index in [1.54, 1.807) is 12.5 Å². The summed E-state index contributed by atoms with van der Waals surface area (Å²) in [5.74, 6) is 0.559. The molecule has 1 aliphatic carbocycles. The fraction of sp³-hybridized carbons (Fsp3) is 0.316. The van der Waals surface area contributed by atoms with E-state index in [-0.39, 0.29) is 11.9 Å². The second-order valence-electron chi connectivity index (χ2n) is 6.72. The molecule has 5 rings (SSSR count). The summed E-state index contributed by atoms with van der Waals surface area (Å²) in [6.45, 7) is 0.828. The lowest BCUT2D eigenvalue weighted by Gasteiger charge is -2.38. The number of aromatic nitrogens is 3.